The Hall–Kier alpha value is 0.0700. The summed E-state index contributed by atoms with van der Waals surface area (Å²) in [6, 6.07) is 0. The molecule has 0 aliphatic heterocycles. The van der Waals surface area contributed by atoms with E-state index in [1.54, 1.807) is 0 Å². The molecule has 0 bridgehead atoms. The molecular weight excluding hydrogens is 181 g/mol. The normalized spacial score (nSPS) is 10.9. The second-order valence-corrected chi connectivity index (χ2v) is 3.88. The van der Waals surface area contributed by atoms with Gasteiger partial charge in [-0.25, -0.2) is 4.57 Å². The van der Waals surface area contributed by atoms with Gasteiger partial charge in [-0.2, -0.15) is 0 Å². The fourth-order valence-electron chi connectivity index (χ4n) is 0.501. The second kappa shape index (κ2) is 7.71. The van der Waals surface area contributed by atoms with Crippen LogP contribution in [0, 0.1) is 0 Å². The first kappa shape index (κ1) is 14.6. The molecule has 0 amide bonds. The van der Waals surface area contributed by atoms with Crippen molar-refractivity contribution in [2.24, 2.45) is 0 Å². The molecule has 0 saturated heterocycles. The number of phosphoric acid groups is 1. The van der Waals surface area contributed by atoms with E-state index in [1.165, 1.54) is 14.2 Å². The molecule has 0 spiro atoms. The SMILES string of the molecule is CCCCOP(=O)(OC)OC.N. The highest BCUT2D eigenvalue weighted by Crippen LogP contribution is 2.47. The molecule has 0 unspecified atom stereocenters. The first-order valence-electron chi connectivity index (χ1n) is 3.54. The Morgan fingerprint density at radius 1 is 1.25 bits per heavy atom. The van der Waals surface area contributed by atoms with Crippen LogP contribution in [0.1, 0.15) is 19.8 Å². The van der Waals surface area contributed by atoms with Gasteiger partial charge >= 0.3 is 7.82 Å². The lowest BCUT2D eigenvalue weighted by Gasteiger charge is -2.12. The van der Waals surface area contributed by atoms with Crippen LogP contribution in [0.3, 0.4) is 0 Å². The van der Waals surface area contributed by atoms with Gasteiger partial charge in [0.05, 0.1) is 6.61 Å². The molecular formula is C6H18NO4P. The standard InChI is InChI=1S/C6H15O4P.H3N/c1-4-5-6-10-11(7,8-2)9-3;/h4-6H2,1-3H3;1H3. The molecule has 0 saturated carbocycles. The van der Waals surface area contributed by atoms with Gasteiger partial charge in [0, 0.05) is 14.2 Å². The van der Waals surface area contributed by atoms with Crippen molar-refractivity contribution in [2.45, 2.75) is 19.8 Å². The van der Waals surface area contributed by atoms with Crippen molar-refractivity contribution in [2.75, 3.05) is 20.8 Å². The van der Waals surface area contributed by atoms with Crippen LogP contribution in [0.15, 0.2) is 0 Å². The molecule has 5 nitrogen and oxygen atoms in total. The first-order valence-corrected chi connectivity index (χ1v) is 5.00. The molecule has 12 heavy (non-hydrogen) atoms. The molecule has 0 aliphatic rings. The quantitative estimate of drug-likeness (QED) is 0.524. The fourth-order valence-corrected chi connectivity index (χ4v) is 1.21. The molecule has 0 aromatic heterocycles. The Morgan fingerprint density at radius 3 is 2.08 bits per heavy atom. The highest BCUT2D eigenvalue weighted by atomic mass is 31.2. The highest BCUT2D eigenvalue weighted by molar-refractivity contribution is 7.48. The summed E-state index contributed by atoms with van der Waals surface area (Å²) in [4.78, 5) is 0. The average molecular weight is 199 g/mol. The van der Waals surface area contributed by atoms with Gasteiger partial charge in [-0.15, -0.1) is 0 Å². The van der Waals surface area contributed by atoms with E-state index in [1.807, 2.05) is 6.92 Å². The zero-order chi connectivity index (χ0) is 8.74. The molecule has 0 atom stereocenters. The van der Waals surface area contributed by atoms with Crippen LogP contribution in [-0.2, 0) is 18.1 Å². The van der Waals surface area contributed by atoms with Crippen LogP contribution in [0.25, 0.3) is 0 Å². The molecule has 6 heteroatoms. The summed E-state index contributed by atoms with van der Waals surface area (Å²) in [5.41, 5.74) is 0. The minimum absolute atomic E-state index is 0. The van der Waals surface area contributed by atoms with E-state index in [0.717, 1.165) is 12.8 Å². The van der Waals surface area contributed by atoms with Gasteiger partial charge < -0.3 is 6.15 Å². The third kappa shape index (κ3) is 5.69. The largest absolute Gasteiger partial charge is 0.474 e. The van der Waals surface area contributed by atoms with E-state index in [0.29, 0.717) is 6.61 Å². The average Bonchev–Trinajstić information content (AvgIpc) is 2.05. The summed E-state index contributed by atoms with van der Waals surface area (Å²) in [5, 5.41) is 0. The molecule has 0 radical (unpaired) electrons. The maximum absolute atomic E-state index is 11.2. The summed E-state index contributed by atoms with van der Waals surface area (Å²) in [7, 11) is -0.607. The van der Waals surface area contributed by atoms with Crippen molar-refractivity contribution in [3.05, 3.63) is 0 Å². The van der Waals surface area contributed by atoms with E-state index in [9.17, 15) is 4.57 Å². The first-order chi connectivity index (χ1) is 5.18. The maximum Gasteiger partial charge on any atom is 0.474 e. The highest BCUT2D eigenvalue weighted by Gasteiger charge is 2.21. The van der Waals surface area contributed by atoms with Crippen LogP contribution in [0.2, 0.25) is 0 Å². The Balaban J connectivity index is 0. The molecule has 76 valence electrons. The molecule has 0 aliphatic carbocycles. The second-order valence-electron chi connectivity index (χ2n) is 2.00. The van der Waals surface area contributed by atoms with Crippen molar-refractivity contribution < 1.29 is 18.1 Å². The van der Waals surface area contributed by atoms with E-state index >= 15 is 0 Å². The van der Waals surface area contributed by atoms with E-state index in [4.69, 9.17) is 4.52 Å². The van der Waals surface area contributed by atoms with E-state index < -0.39 is 7.82 Å². The van der Waals surface area contributed by atoms with Crippen LogP contribution in [0.5, 0.6) is 0 Å². The molecule has 0 aromatic carbocycles. The number of rotatable bonds is 6. The lowest BCUT2D eigenvalue weighted by atomic mass is 10.4. The Labute approximate surface area is 73.6 Å². The van der Waals surface area contributed by atoms with E-state index in [-0.39, 0.29) is 6.15 Å². The summed E-state index contributed by atoms with van der Waals surface area (Å²) in [5.74, 6) is 0. The van der Waals surface area contributed by atoms with Gasteiger partial charge in [0.1, 0.15) is 0 Å². The van der Waals surface area contributed by atoms with Crippen LogP contribution in [0.4, 0.5) is 0 Å². The van der Waals surface area contributed by atoms with Gasteiger partial charge in [-0.05, 0) is 6.42 Å². The zero-order valence-corrected chi connectivity index (χ0v) is 8.80. The summed E-state index contributed by atoms with van der Waals surface area (Å²) < 4.78 is 25.1. The van der Waals surface area contributed by atoms with Crippen LogP contribution in [-0.4, -0.2) is 20.8 Å². The lowest BCUT2D eigenvalue weighted by molar-refractivity contribution is 0.150. The molecule has 0 aromatic rings. The Bertz CT molecular complexity index is 134. The maximum atomic E-state index is 11.2. The Morgan fingerprint density at radius 2 is 1.75 bits per heavy atom. The van der Waals surface area contributed by atoms with Gasteiger partial charge in [-0.1, -0.05) is 13.3 Å². The summed E-state index contributed by atoms with van der Waals surface area (Å²) in [6.07, 6.45) is 1.85. The van der Waals surface area contributed by atoms with Crippen molar-refractivity contribution in [1.29, 1.82) is 0 Å². The van der Waals surface area contributed by atoms with Crippen molar-refractivity contribution in [3.63, 3.8) is 0 Å². The van der Waals surface area contributed by atoms with Gasteiger partial charge in [0.25, 0.3) is 0 Å². The molecule has 0 fully saturated rings. The molecule has 0 rings (SSSR count). The third-order valence-electron chi connectivity index (χ3n) is 1.19. The minimum atomic E-state index is -3.21. The molecule has 0 heterocycles. The summed E-state index contributed by atoms with van der Waals surface area (Å²) in [6.45, 7) is 2.43. The predicted octanol–water partition coefficient (Wildman–Crippen LogP) is 2.37. The van der Waals surface area contributed by atoms with Gasteiger partial charge in [0.15, 0.2) is 0 Å². The lowest BCUT2D eigenvalue weighted by Crippen LogP contribution is -1.96. The summed E-state index contributed by atoms with van der Waals surface area (Å²) >= 11 is 0. The Kier molecular flexibility index (Phi) is 9.37. The van der Waals surface area contributed by atoms with E-state index in [2.05, 4.69) is 9.05 Å². The predicted molar refractivity (Wildman–Crippen MR) is 47.5 cm³/mol. The van der Waals surface area contributed by atoms with Crippen LogP contribution < -0.4 is 6.15 Å². The van der Waals surface area contributed by atoms with Crippen molar-refractivity contribution >= 4 is 7.82 Å². The minimum Gasteiger partial charge on any atom is -0.344 e. The number of hydrogen-bond acceptors (Lipinski definition) is 5. The van der Waals surface area contributed by atoms with Gasteiger partial charge in [0.2, 0.25) is 0 Å². The number of unbranched alkanes of at least 4 members (excludes halogenated alkanes) is 1. The van der Waals surface area contributed by atoms with Crippen LogP contribution >= 0.6 is 7.82 Å². The molecule has 3 N–H and O–H groups in total. The third-order valence-corrected chi connectivity index (χ3v) is 2.59. The number of hydrogen-bond donors (Lipinski definition) is 1. The monoisotopic (exact) mass is 199 g/mol. The zero-order valence-electron chi connectivity index (χ0n) is 7.91. The van der Waals surface area contributed by atoms with Gasteiger partial charge in [-0.3, -0.25) is 13.6 Å². The fraction of sp³-hybridized carbons (Fsp3) is 1.00. The van der Waals surface area contributed by atoms with Crippen molar-refractivity contribution in [3.8, 4) is 0 Å². The number of phosphoric ester groups is 1. The smallest absolute Gasteiger partial charge is 0.344 e. The topological polar surface area (TPSA) is 79.8 Å². The van der Waals surface area contributed by atoms with Crippen molar-refractivity contribution in [1.82, 2.24) is 6.15 Å².